The molecule has 2 N–H and O–H groups in total. The molecule has 1 heterocycles. The Balaban J connectivity index is 2.15. The molecule has 0 bridgehead atoms. The lowest BCUT2D eigenvalue weighted by Gasteiger charge is -2.10. The van der Waals surface area contributed by atoms with Crippen LogP contribution in [0.3, 0.4) is 0 Å². The lowest BCUT2D eigenvalue weighted by Crippen LogP contribution is -2.28. The zero-order valence-corrected chi connectivity index (χ0v) is 11.2. The first-order chi connectivity index (χ1) is 8.97. The van der Waals surface area contributed by atoms with E-state index < -0.39 is 5.97 Å². The Kier molecular flexibility index (Phi) is 5.98. The van der Waals surface area contributed by atoms with Gasteiger partial charge in [0.05, 0.1) is 0 Å². The Morgan fingerprint density at radius 3 is 2.74 bits per heavy atom. The number of aliphatic carboxylic acids is 1. The van der Waals surface area contributed by atoms with Crippen LogP contribution in [0, 0.1) is 12.8 Å². The van der Waals surface area contributed by atoms with Gasteiger partial charge in [-0.15, -0.1) is 0 Å². The summed E-state index contributed by atoms with van der Waals surface area (Å²) in [6.07, 6.45) is 1.38. The SMILES string of the molecule is Cc1noc(CCC(=O)NCC(C)CCC(=O)O)n1. The second kappa shape index (κ2) is 7.50. The number of hydrogen-bond donors (Lipinski definition) is 2. The Hall–Kier alpha value is -1.92. The number of carboxylic acids is 1. The van der Waals surface area contributed by atoms with Crippen molar-refractivity contribution in [3.63, 3.8) is 0 Å². The average Bonchev–Trinajstić information content (AvgIpc) is 2.77. The summed E-state index contributed by atoms with van der Waals surface area (Å²) in [5, 5.41) is 14.9. The highest BCUT2D eigenvalue weighted by molar-refractivity contribution is 5.76. The molecule has 1 aromatic rings. The summed E-state index contributed by atoms with van der Waals surface area (Å²) in [5.74, 6) is 0.234. The summed E-state index contributed by atoms with van der Waals surface area (Å²) in [5.41, 5.74) is 0. The predicted octanol–water partition coefficient (Wildman–Crippen LogP) is 0.928. The molecule has 0 spiro atoms. The van der Waals surface area contributed by atoms with E-state index in [1.54, 1.807) is 6.92 Å². The average molecular weight is 269 g/mol. The summed E-state index contributed by atoms with van der Waals surface area (Å²) in [7, 11) is 0. The quantitative estimate of drug-likeness (QED) is 0.727. The van der Waals surface area contributed by atoms with E-state index in [0.29, 0.717) is 31.1 Å². The maximum atomic E-state index is 11.5. The molecule has 0 aliphatic rings. The van der Waals surface area contributed by atoms with Crippen molar-refractivity contribution in [1.82, 2.24) is 15.5 Å². The lowest BCUT2D eigenvalue weighted by atomic mass is 10.1. The number of aryl methyl sites for hydroxylation is 2. The van der Waals surface area contributed by atoms with Crippen LogP contribution < -0.4 is 5.32 Å². The molecule has 7 heteroatoms. The number of rotatable bonds is 8. The van der Waals surface area contributed by atoms with E-state index in [0.717, 1.165) is 0 Å². The topological polar surface area (TPSA) is 105 Å². The van der Waals surface area contributed by atoms with Gasteiger partial charge in [-0.05, 0) is 19.3 Å². The van der Waals surface area contributed by atoms with Gasteiger partial charge in [-0.1, -0.05) is 12.1 Å². The van der Waals surface area contributed by atoms with Gasteiger partial charge in [0.1, 0.15) is 0 Å². The van der Waals surface area contributed by atoms with E-state index in [-0.39, 0.29) is 24.7 Å². The monoisotopic (exact) mass is 269 g/mol. The van der Waals surface area contributed by atoms with Gasteiger partial charge in [0, 0.05) is 25.8 Å². The smallest absolute Gasteiger partial charge is 0.303 e. The van der Waals surface area contributed by atoms with Crippen molar-refractivity contribution in [3.05, 3.63) is 11.7 Å². The number of nitrogens with one attached hydrogen (secondary N) is 1. The van der Waals surface area contributed by atoms with Crippen molar-refractivity contribution in [2.45, 2.75) is 39.5 Å². The van der Waals surface area contributed by atoms with Crippen LogP contribution in [0.5, 0.6) is 0 Å². The fraction of sp³-hybridized carbons (Fsp3) is 0.667. The van der Waals surface area contributed by atoms with E-state index in [1.807, 2.05) is 6.92 Å². The van der Waals surface area contributed by atoms with Crippen molar-refractivity contribution >= 4 is 11.9 Å². The van der Waals surface area contributed by atoms with Gasteiger partial charge >= 0.3 is 5.97 Å². The Morgan fingerprint density at radius 2 is 2.16 bits per heavy atom. The standard InChI is InChI=1S/C12H19N3O4/c1-8(3-6-12(17)18)7-13-10(16)4-5-11-14-9(2)15-19-11/h8H,3-7H2,1-2H3,(H,13,16)(H,17,18). The minimum Gasteiger partial charge on any atom is -0.481 e. The fourth-order valence-corrected chi connectivity index (χ4v) is 1.51. The van der Waals surface area contributed by atoms with Crippen LogP contribution in [0.1, 0.15) is 37.9 Å². The molecular weight excluding hydrogens is 250 g/mol. The van der Waals surface area contributed by atoms with E-state index in [9.17, 15) is 9.59 Å². The zero-order chi connectivity index (χ0) is 14.3. The van der Waals surface area contributed by atoms with Crippen LogP contribution in [0.15, 0.2) is 4.52 Å². The molecular formula is C12H19N3O4. The number of aromatic nitrogens is 2. The van der Waals surface area contributed by atoms with E-state index in [1.165, 1.54) is 0 Å². The van der Waals surface area contributed by atoms with Gasteiger partial charge in [0.25, 0.3) is 0 Å². The number of carbonyl (C=O) groups excluding carboxylic acids is 1. The number of hydrogen-bond acceptors (Lipinski definition) is 5. The molecule has 0 fully saturated rings. The molecule has 0 saturated carbocycles. The van der Waals surface area contributed by atoms with Crippen LogP contribution >= 0.6 is 0 Å². The van der Waals surface area contributed by atoms with Gasteiger partial charge in [0.2, 0.25) is 11.8 Å². The van der Waals surface area contributed by atoms with Crippen LogP contribution in [-0.2, 0) is 16.0 Å². The van der Waals surface area contributed by atoms with Gasteiger partial charge in [-0.3, -0.25) is 9.59 Å². The molecule has 0 saturated heterocycles. The first-order valence-corrected chi connectivity index (χ1v) is 6.25. The Morgan fingerprint density at radius 1 is 1.42 bits per heavy atom. The second-order valence-electron chi connectivity index (χ2n) is 4.58. The molecule has 1 unspecified atom stereocenters. The third kappa shape index (κ3) is 6.54. The zero-order valence-electron chi connectivity index (χ0n) is 11.2. The summed E-state index contributed by atoms with van der Waals surface area (Å²) in [4.78, 5) is 25.9. The minimum atomic E-state index is -0.815. The van der Waals surface area contributed by atoms with E-state index in [4.69, 9.17) is 9.63 Å². The van der Waals surface area contributed by atoms with Gasteiger partial charge in [0.15, 0.2) is 5.82 Å². The molecule has 0 radical (unpaired) electrons. The number of carbonyl (C=O) groups is 2. The van der Waals surface area contributed by atoms with Gasteiger partial charge in [-0.2, -0.15) is 4.98 Å². The molecule has 1 amide bonds. The lowest BCUT2D eigenvalue weighted by molar-refractivity contribution is -0.137. The van der Waals surface area contributed by atoms with Crippen molar-refractivity contribution < 1.29 is 19.2 Å². The van der Waals surface area contributed by atoms with Crippen LogP contribution in [0.4, 0.5) is 0 Å². The first kappa shape index (κ1) is 15.1. The van der Waals surface area contributed by atoms with Crippen LogP contribution in [0.25, 0.3) is 0 Å². The van der Waals surface area contributed by atoms with Crippen LogP contribution in [-0.4, -0.2) is 33.7 Å². The van der Waals surface area contributed by atoms with E-state index in [2.05, 4.69) is 15.5 Å². The summed E-state index contributed by atoms with van der Waals surface area (Å²) in [6, 6.07) is 0. The van der Waals surface area contributed by atoms with Gasteiger partial charge in [-0.25, -0.2) is 0 Å². The molecule has 0 aromatic carbocycles. The molecule has 106 valence electrons. The highest BCUT2D eigenvalue weighted by atomic mass is 16.5. The maximum Gasteiger partial charge on any atom is 0.303 e. The van der Waals surface area contributed by atoms with Crippen molar-refractivity contribution in [3.8, 4) is 0 Å². The Bertz CT molecular complexity index is 430. The predicted molar refractivity (Wildman–Crippen MR) is 66.4 cm³/mol. The number of amides is 1. The van der Waals surface area contributed by atoms with Crippen molar-refractivity contribution in [2.75, 3.05) is 6.54 Å². The largest absolute Gasteiger partial charge is 0.481 e. The van der Waals surface area contributed by atoms with Gasteiger partial charge < -0.3 is 14.9 Å². The maximum absolute atomic E-state index is 11.5. The molecule has 1 aromatic heterocycles. The highest BCUT2D eigenvalue weighted by Gasteiger charge is 2.09. The van der Waals surface area contributed by atoms with Crippen molar-refractivity contribution in [2.24, 2.45) is 5.92 Å². The molecule has 7 nitrogen and oxygen atoms in total. The molecule has 19 heavy (non-hydrogen) atoms. The molecule has 0 aliphatic heterocycles. The number of nitrogens with zero attached hydrogens (tertiary/aromatic N) is 2. The fourth-order valence-electron chi connectivity index (χ4n) is 1.51. The van der Waals surface area contributed by atoms with Crippen molar-refractivity contribution in [1.29, 1.82) is 0 Å². The molecule has 1 rings (SSSR count). The summed E-state index contributed by atoms with van der Waals surface area (Å²) < 4.78 is 4.90. The number of carboxylic acid groups (broad SMARTS) is 1. The third-order valence-electron chi connectivity index (χ3n) is 2.63. The highest BCUT2D eigenvalue weighted by Crippen LogP contribution is 2.04. The minimum absolute atomic E-state index is 0.0990. The third-order valence-corrected chi connectivity index (χ3v) is 2.63. The summed E-state index contributed by atoms with van der Waals surface area (Å²) >= 11 is 0. The van der Waals surface area contributed by atoms with E-state index >= 15 is 0 Å². The second-order valence-corrected chi connectivity index (χ2v) is 4.58. The normalized spacial score (nSPS) is 12.1. The molecule has 0 aliphatic carbocycles. The van der Waals surface area contributed by atoms with Crippen LogP contribution in [0.2, 0.25) is 0 Å². The summed E-state index contributed by atoms with van der Waals surface area (Å²) in [6.45, 7) is 4.11. The molecule has 1 atom stereocenters. The Labute approximate surface area is 111 Å². The first-order valence-electron chi connectivity index (χ1n) is 6.25.